The van der Waals surface area contributed by atoms with Gasteiger partial charge in [0.2, 0.25) is 5.82 Å². The highest BCUT2D eigenvalue weighted by Gasteiger charge is 2.35. The number of benzene rings is 1. The van der Waals surface area contributed by atoms with Gasteiger partial charge in [0.05, 0.1) is 0 Å². The van der Waals surface area contributed by atoms with E-state index in [0.717, 1.165) is 15.6 Å². The molecule has 3 N–H and O–H groups in total. The summed E-state index contributed by atoms with van der Waals surface area (Å²) in [5, 5.41) is 2.81. The van der Waals surface area contributed by atoms with Crippen LogP contribution in [0.2, 0.25) is 0 Å². The molecule has 0 unspecified atom stereocenters. The lowest BCUT2D eigenvalue weighted by Gasteiger charge is -2.12. The van der Waals surface area contributed by atoms with Crippen molar-refractivity contribution in [2.24, 2.45) is 0 Å². The zero-order valence-corrected chi connectivity index (χ0v) is 12.8. The molecule has 112 valence electrons. The van der Waals surface area contributed by atoms with Gasteiger partial charge in [-0.05, 0) is 37.1 Å². The lowest BCUT2D eigenvalue weighted by atomic mass is 10.1. The van der Waals surface area contributed by atoms with Gasteiger partial charge in [-0.3, -0.25) is 0 Å². The van der Waals surface area contributed by atoms with Crippen LogP contribution in [0.5, 0.6) is 0 Å². The number of anilines is 3. The number of hydrogen-bond acceptors (Lipinski definition) is 4. The van der Waals surface area contributed by atoms with E-state index in [2.05, 4.69) is 31.2 Å². The zero-order valence-electron chi connectivity index (χ0n) is 11.2. The van der Waals surface area contributed by atoms with Gasteiger partial charge in [0.15, 0.2) is 0 Å². The molecule has 0 aliphatic heterocycles. The Kier molecular flexibility index (Phi) is 4.08. The van der Waals surface area contributed by atoms with E-state index in [-0.39, 0.29) is 11.6 Å². The number of nitrogens with two attached hydrogens (primary N) is 1. The topological polar surface area (TPSA) is 63.8 Å². The Bertz CT molecular complexity index is 663. The minimum Gasteiger partial charge on any atom is -0.384 e. The van der Waals surface area contributed by atoms with E-state index in [1.54, 1.807) is 12.1 Å². The number of aromatic nitrogens is 2. The molecule has 0 fully saturated rings. The monoisotopic (exact) mass is 360 g/mol. The lowest BCUT2D eigenvalue weighted by Crippen LogP contribution is -2.13. The Morgan fingerprint density at radius 2 is 1.67 bits per heavy atom. The third-order valence-corrected chi connectivity index (χ3v) is 3.96. The van der Waals surface area contributed by atoms with Crippen molar-refractivity contribution >= 4 is 33.3 Å². The van der Waals surface area contributed by atoms with Crippen molar-refractivity contribution in [1.82, 2.24) is 9.97 Å². The van der Waals surface area contributed by atoms with Crippen LogP contribution in [0.4, 0.5) is 30.5 Å². The van der Waals surface area contributed by atoms with E-state index in [4.69, 9.17) is 5.73 Å². The molecule has 8 heteroatoms. The summed E-state index contributed by atoms with van der Waals surface area (Å²) < 4.78 is 38.9. The van der Waals surface area contributed by atoms with Gasteiger partial charge in [-0.25, -0.2) is 9.97 Å². The molecule has 0 spiro atoms. The van der Waals surface area contributed by atoms with Crippen molar-refractivity contribution < 1.29 is 13.2 Å². The lowest BCUT2D eigenvalue weighted by molar-refractivity contribution is -0.144. The Morgan fingerprint density at radius 1 is 1.10 bits per heavy atom. The molecule has 2 rings (SSSR count). The van der Waals surface area contributed by atoms with Crippen molar-refractivity contribution in [2.45, 2.75) is 20.0 Å². The molecule has 4 nitrogen and oxygen atoms in total. The van der Waals surface area contributed by atoms with Crippen LogP contribution in [-0.4, -0.2) is 9.97 Å². The summed E-state index contributed by atoms with van der Waals surface area (Å²) in [7, 11) is 0. The van der Waals surface area contributed by atoms with Crippen molar-refractivity contribution in [1.29, 1.82) is 0 Å². The first-order chi connectivity index (χ1) is 9.66. The number of nitrogens with zero attached hydrogens (tertiary/aromatic N) is 2. The Labute approximate surface area is 127 Å². The van der Waals surface area contributed by atoms with E-state index in [1.165, 1.54) is 6.07 Å². The number of nitrogens with one attached hydrogen (secondary N) is 1. The van der Waals surface area contributed by atoms with E-state index in [1.807, 2.05) is 13.8 Å². The molecular formula is C13H12BrF3N4. The van der Waals surface area contributed by atoms with Gasteiger partial charge in [0, 0.05) is 16.2 Å². The highest BCUT2D eigenvalue weighted by molar-refractivity contribution is 9.10. The van der Waals surface area contributed by atoms with E-state index < -0.39 is 12.0 Å². The Balaban J connectivity index is 2.38. The molecule has 0 bridgehead atoms. The van der Waals surface area contributed by atoms with Crippen molar-refractivity contribution in [3.8, 4) is 0 Å². The van der Waals surface area contributed by atoms with Crippen molar-refractivity contribution in [3.05, 3.63) is 39.6 Å². The van der Waals surface area contributed by atoms with Crippen LogP contribution in [0.1, 0.15) is 17.0 Å². The number of alkyl halides is 3. The van der Waals surface area contributed by atoms with E-state index >= 15 is 0 Å². The molecule has 0 saturated heterocycles. The van der Waals surface area contributed by atoms with Crippen LogP contribution < -0.4 is 11.1 Å². The van der Waals surface area contributed by atoms with Crippen LogP contribution in [0.3, 0.4) is 0 Å². The molecule has 0 aliphatic carbocycles. The summed E-state index contributed by atoms with van der Waals surface area (Å²) >= 11 is 3.43. The fraction of sp³-hybridized carbons (Fsp3) is 0.231. The summed E-state index contributed by atoms with van der Waals surface area (Å²) in [4.78, 5) is 6.63. The maximum atomic E-state index is 12.7. The van der Waals surface area contributed by atoms with Gasteiger partial charge in [0.25, 0.3) is 0 Å². The molecule has 2 aromatic rings. The van der Waals surface area contributed by atoms with Crippen LogP contribution in [0.15, 0.2) is 22.7 Å². The molecule has 0 saturated carbocycles. The molecular weight excluding hydrogens is 349 g/mol. The highest BCUT2D eigenvalue weighted by Crippen LogP contribution is 2.30. The smallest absolute Gasteiger partial charge is 0.384 e. The largest absolute Gasteiger partial charge is 0.451 e. The Morgan fingerprint density at radius 3 is 2.19 bits per heavy atom. The van der Waals surface area contributed by atoms with Crippen LogP contribution in [0, 0.1) is 13.8 Å². The average Bonchev–Trinajstić information content (AvgIpc) is 2.34. The highest BCUT2D eigenvalue weighted by atomic mass is 79.9. The number of rotatable bonds is 2. The van der Waals surface area contributed by atoms with Gasteiger partial charge in [-0.1, -0.05) is 15.9 Å². The minimum absolute atomic E-state index is 0.00375. The van der Waals surface area contributed by atoms with Gasteiger partial charge >= 0.3 is 6.18 Å². The summed E-state index contributed by atoms with van der Waals surface area (Å²) in [6.07, 6.45) is -4.64. The predicted octanol–water partition coefficient (Wildman–Crippen LogP) is 4.20. The zero-order chi connectivity index (χ0) is 15.8. The first-order valence-electron chi connectivity index (χ1n) is 5.92. The van der Waals surface area contributed by atoms with E-state index in [0.29, 0.717) is 5.69 Å². The molecule has 1 heterocycles. The van der Waals surface area contributed by atoms with Crippen LogP contribution >= 0.6 is 15.9 Å². The minimum atomic E-state index is -4.64. The van der Waals surface area contributed by atoms with Gasteiger partial charge < -0.3 is 11.1 Å². The normalized spacial score (nSPS) is 11.5. The summed E-state index contributed by atoms with van der Waals surface area (Å²) in [5.41, 5.74) is 7.93. The SMILES string of the molecule is Cc1cc(Nc2cc(N)nc(C(F)(F)F)n2)cc(C)c1Br. The van der Waals surface area contributed by atoms with Crippen molar-refractivity contribution in [2.75, 3.05) is 11.1 Å². The number of aryl methyl sites for hydroxylation is 2. The molecule has 1 aromatic carbocycles. The van der Waals surface area contributed by atoms with Crippen molar-refractivity contribution in [3.63, 3.8) is 0 Å². The maximum absolute atomic E-state index is 12.7. The first kappa shape index (κ1) is 15.6. The molecule has 0 amide bonds. The second kappa shape index (κ2) is 5.51. The standard InChI is InChI=1S/C13H12BrF3N4/c1-6-3-8(4-7(2)11(6)14)19-10-5-9(18)20-12(21-10)13(15,16)17/h3-5H,1-2H3,(H3,18,19,20,21). The fourth-order valence-corrected chi connectivity index (χ4v) is 2.05. The second-order valence-corrected chi connectivity index (χ2v) is 5.34. The third-order valence-electron chi connectivity index (χ3n) is 2.71. The maximum Gasteiger partial charge on any atom is 0.451 e. The quantitative estimate of drug-likeness (QED) is 0.842. The number of halogens is 4. The molecule has 1 aromatic heterocycles. The second-order valence-electron chi connectivity index (χ2n) is 4.55. The third kappa shape index (κ3) is 3.63. The summed E-state index contributed by atoms with van der Waals surface area (Å²) in [6.45, 7) is 3.77. The summed E-state index contributed by atoms with van der Waals surface area (Å²) in [5.74, 6) is -1.52. The number of nitrogen functional groups attached to an aromatic ring is 1. The Hall–Kier alpha value is -1.83. The van der Waals surface area contributed by atoms with Gasteiger partial charge in [-0.15, -0.1) is 0 Å². The molecule has 0 radical (unpaired) electrons. The van der Waals surface area contributed by atoms with E-state index in [9.17, 15) is 13.2 Å². The van der Waals surface area contributed by atoms with Gasteiger partial charge in [-0.2, -0.15) is 13.2 Å². The van der Waals surface area contributed by atoms with Crippen LogP contribution in [0.25, 0.3) is 0 Å². The molecule has 0 atom stereocenters. The van der Waals surface area contributed by atoms with Crippen LogP contribution in [-0.2, 0) is 6.18 Å². The fourth-order valence-electron chi connectivity index (χ4n) is 1.82. The first-order valence-corrected chi connectivity index (χ1v) is 6.71. The van der Waals surface area contributed by atoms with Gasteiger partial charge in [0.1, 0.15) is 11.6 Å². The molecule has 0 aliphatic rings. The average molecular weight is 361 g/mol. The molecule has 21 heavy (non-hydrogen) atoms. The predicted molar refractivity (Wildman–Crippen MR) is 78.3 cm³/mol. The number of hydrogen-bond donors (Lipinski definition) is 2. The summed E-state index contributed by atoms with van der Waals surface area (Å²) in [6, 6.07) is 4.84.